The molecule has 0 spiro atoms. The van der Waals surface area contributed by atoms with Crippen molar-refractivity contribution in [2.45, 2.75) is 97.2 Å². The lowest BCUT2D eigenvalue weighted by atomic mass is 9.39. The molecule has 2 saturated carbocycles. The molecule has 1 aromatic heterocycles. The van der Waals surface area contributed by atoms with E-state index in [1.807, 2.05) is 6.07 Å². The molecule has 11 atom stereocenters. The van der Waals surface area contributed by atoms with Crippen LogP contribution in [0.25, 0.3) is 0 Å². The molecule has 208 valence electrons. The van der Waals surface area contributed by atoms with Crippen molar-refractivity contribution >= 4 is 11.9 Å². The molecule has 2 aliphatic heterocycles. The van der Waals surface area contributed by atoms with E-state index in [0.717, 1.165) is 24.0 Å². The number of hydrogen-bond donors (Lipinski definition) is 1. The van der Waals surface area contributed by atoms with Crippen molar-refractivity contribution < 1.29 is 38.1 Å². The maximum atomic E-state index is 12.4. The summed E-state index contributed by atoms with van der Waals surface area (Å²) in [6.45, 7) is 12.4. The molecule has 38 heavy (non-hydrogen) atoms. The molecule has 3 aliphatic carbocycles. The third-order valence-electron chi connectivity index (χ3n) is 11.1. The van der Waals surface area contributed by atoms with E-state index in [1.54, 1.807) is 12.5 Å². The Morgan fingerprint density at radius 1 is 1.05 bits per heavy atom. The Balaban J connectivity index is 1.52. The van der Waals surface area contributed by atoms with Crippen LogP contribution in [-0.2, 0) is 28.5 Å². The van der Waals surface area contributed by atoms with Crippen LogP contribution >= 0.6 is 0 Å². The maximum Gasteiger partial charge on any atom is 0.302 e. The summed E-state index contributed by atoms with van der Waals surface area (Å²) in [7, 11) is 0. The lowest BCUT2D eigenvalue weighted by Gasteiger charge is -2.66. The Morgan fingerprint density at radius 2 is 1.76 bits per heavy atom. The average Bonchev–Trinajstić information content (AvgIpc) is 3.54. The largest absolute Gasteiger partial charge is 0.472 e. The van der Waals surface area contributed by atoms with E-state index < -0.39 is 40.7 Å². The van der Waals surface area contributed by atoms with E-state index in [4.69, 9.17) is 23.4 Å². The second-order valence-corrected chi connectivity index (χ2v) is 12.9. The smallest absolute Gasteiger partial charge is 0.302 e. The highest BCUT2D eigenvalue weighted by molar-refractivity contribution is 5.67. The Bertz CT molecular complexity index is 1160. The zero-order valence-electron chi connectivity index (χ0n) is 23.2. The fourth-order valence-electron chi connectivity index (χ4n) is 9.80. The van der Waals surface area contributed by atoms with E-state index in [0.29, 0.717) is 19.6 Å². The van der Waals surface area contributed by atoms with Crippen LogP contribution < -0.4 is 0 Å². The highest BCUT2D eigenvalue weighted by Gasteiger charge is 2.76. The topological polar surface area (TPSA) is 104 Å². The summed E-state index contributed by atoms with van der Waals surface area (Å²) in [6.07, 6.45) is 3.07. The molecule has 1 N–H and O–H groups in total. The lowest BCUT2D eigenvalue weighted by molar-refractivity contribution is -0.254. The van der Waals surface area contributed by atoms with Gasteiger partial charge in [-0.3, -0.25) is 9.59 Å². The summed E-state index contributed by atoms with van der Waals surface area (Å²) in [5.74, 6) is -0.791. The van der Waals surface area contributed by atoms with Crippen LogP contribution in [0.4, 0.5) is 0 Å². The minimum absolute atomic E-state index is 0.0482. The first-order chi connectivity index (χ1) is 17.9. The zero-order chi connectivity index (χ0) is 27.2. The van der Waals surface area contributed by atoms with E-state index in [2.05, 4.69) is 27.7 Å². The SMILES string of the molecule is CC(=O)O[C@H]1C[C@@H](OC(C)=O)[C@@]2(C)CO[C@H]3[C@@H](O)[C@@]4(C)C5=C(C)[C@H](c6ccoc6)C[C@@H]5OCC[C@@H]4[C@]1(C)[C@@H]32. The molecule has 6 rings (SSSR count). The molecule has 0 amide bonds. The van der Waals surface area contributed by atoms with E-state index >= 15 is 0 Å². The Morgan fingerprint density at radius 3 is 2.42 bits per heavy atom. The second kappa shape index (κ2) is 8.67. The zero-order valence-corrected chi connectivity index (χ0v) is 23.2. The number of ether oxygens (including phenoxy) is 4. The van der Waals surface area contributed by atoms with Crippen LogP contribution in [-0.4, -0.2) is 60.8 Å². The van der Waals surface area contributed by atoms with Gasteiger partial charge in [-0.25, -0.2) is 0 Å². The molecule has 0 radical (unpaired) electrons. The average molecular weight is 529 g/mol. The number of esters is 2. The third-order valence-corrected chi connectivity index (χ3v) is 11.1. The van der Waals surface area contributed by atoms with Crippen molar-refractivity contribution in [1.29, 1.82) is 0 Å². The van der Waals surface area contributed by atoms with Crippen LogP contribution in [0, 0.1) is 28.1 Å². The number of rotatable bonds is 3. The number of fused-ring (bicyclic) bond motifs is 4. The Kier molecular flexibility index (Phi) is 5.95. The fourth-order valence-corrected chi connectivity index (χ4v) is 9.80. The Hall–Kier alpha value is -2.16. The number of furan rings is 1. The molecule has 8 nitrogen and oxygen atoms in total. The van der Waals surface area contributed by atoms with Crippen LogP contribution in [0.1, 0.15) is 72.3 Å². The number of allylic oxidation sites excluding steroid dienone is 1. The first-order valence-corrected chi connectivity index (χ1v) is 13.9. The van der Waals surface area contributed by atoms with Gasteiger partial charge in [0, 0.05) is 55.0 Å². The number of hydrogen-bond acceptors (Lipinski definition) is 8. The molecular weight excluding hydrogens is 488 g/mol. The standard InChI is InChI=1S/C30H40O8/c1-15-19(18-7-9-34-13-18)11-20-24(15)30(6)21(8-10-35-20)29(5)23(38-17(3)32)12-22(37-16(2)31)28(4)14-36-25(26(28)29)27(30)33/h7,9,13,19-23,25-27,33H,8,10-12,14H2,1-6H3/t19-,20+,21-,22-,23+,25-,26+,27-,28-,29+,30-/m1/s1. The van der Waals surface area contributed by atoms with Crippen LogP contribution in [0.3, 0.4) is 0 Å². The first kappa shape index (κ1) is 26.1. The van der Waals surface area contributed by atoms with Gasteiger partial charge in [0.25, 0.3) is 0 Å². The van der Waals surface area contributed by atoms with Gasteiger partial charge in [-0.05, 0) is 42.9 Å². The molecule has 0 bridgehead atoms. The summed E-state index contributed by atoms with van der Waals surface area (Å²) < 4.78 is 30.4. The van der Waals surface area contributed by atoms with Crippen molar-refractivity contribution in [3.05, 3.63) is 35.3 Å². The summed E-state index contributed by atoms with van der Waals surface area (Å²) in [6, 6.07) is 2.01. The Labute approximate surface area is 224 Å². The van der Waals surface area contributed by atoms with Gasteiger partial charge in [0.05, 0.1) is 37.4 Å². The van der Waals surface area contributed by atoms with E-state index in [-0.39, 0.29) is 35.8 Å². The predicted octanol–water partition coefficient (Wildman–Crippen LogP) is 4.16. The first-order valence-electron chi connectivity index (χ1n) is 13.9. The minimum Gasteiger partial charge on any atom is -0.472 e. The molecule has 3 heterocycles. The van der Waals surface area contributed by atoms with Crippen molar-refractivity contribution in [3.63, 3.8) is 0 Å². The molecule has 1 aromatic rings. The number of aliphatic hydroxyl groups is 1. The molecule has 5 aliphatic rings. The van der Waals surface area contributed by atoms with Crippen molar-refractivity contribution in [3.8, 4) is 0 Å². The third kappa shape index (κ3) is 3.32. The predicted molar refractivity (Wildman–Crippen MR) is 136 cm³/mol. The molecule has 8 heteroatoms. The quantitative estimate of drug-likeness (QED) is 0.461. The van der Waals surface area contributed by atoms with Crippen LogP contribution in [0.15, 0.2) is 34.2 Å². The van der Waals surface area contributed by atoms with Gasteiger partial charge in [-0.2, -0.15) is 0 Å². The summed E-state index contributed by atoms with van der Waals surface area (Å²) in [4.78, 5) is 24.6. The second-order valence-electron chi connectivity index (χ2n) is 12.9. The summed E-state index contributed by atoms with van der Waals surface area (Å²) in [5, 5.41) is 12.3. The summed E-state index contributed by atoms with van der Waals surface area (Å²) in [5.41, 5.74) is 1.77. The molecule has 4 fully saturated rings. The van der Waals surface area contributed by atoms with E-state index in [1.165, 1.54) is 19.4 Å². The van der Waals surface area contributed by atoms with Crippen molar-refractivity contribution in [2.75, 3.05) is 13.2 Å². The normalized spacial score (nSPS) is 47.6. The minimum atomic E-state index is -0.793. The summed E-state index contributed by atoms with van der Waals surface area (Å²) >= 11 is 0. The lowest BCUT2D eigenvalue weighted by Crippen LogP contribution is -2.71. The van der Waals surface area contributed by atoms with Gasteiger partial charge in [-0.15, -0.1) is 0 Å². The number of carbonyl (C=O) groups is 2. The highest BCUT2D eigenvalue weighted by Crippen LogP contribution is 2.72. The van der Waals surface area contributed by atoms with Crippen molar-refractivity contribution in [1.82, 2.24) is 0 Å². The molecule has 0 aromatic carbocycles. The maximum absolute atomic E-state index is 12.4. The number of aliphatic hydroxyl groups excluding tert-OH is 1. The van der Waals surface area contributed by atoms with E-state index in [9.17, 15) is 14.7 Å². The molecular formula is C30H40O8. The van der Waals surface area contributed by atoms with Crippen molar-refractivity contribution in [2.24, 2.45) is 28.1 Å². The van der Waals surface area contributed by atoms with Gasteiger partial charge in [0.2, 0.25) is 0 Å². The monoisotopic (exact) mass is 528 g/mol. The van der Waals surface area contributed by atoms with Gasteiger partial charge in [0.1, 0.15) is 12.2 Å². The van der Waals surface area contributed by atoms with Crippen LogP contribution in [0.2, 0.25) is 0 Å². The highest BCUT2D eigenvalue weighted by atomic mass is 16.6. The van der Waals surface area contributed by atoms with Gasteiger partial charge in [0.15, 0.2) is 0 Å². The molecule has 0 unspecified atom stereocenters. The van der Waals surface area contributed by atoms with Crippen LogP contribution in [0.5, 0.6) is 0 Å². The van der Waals surface area contributed by atoms with Gasteiger partial charge >= 0.3 is 11.9 Å². The fraction of sp³-hybridized carbons (Fsp3) is 0.733. The van der Waals surface area contributed by atoms with Gasteiger partial charge < -0.3 is 28.5 Å². The van der Waals surface area contributed by atoms with Gasteiger partial charge in [-0.1, -0.05) is 26.3 Å². The molecule has 2 saturated heterocycles. The number of carbonyl (C=O) groups excluding carboxylic acids is 2.